The number of hydrogen-bond acceptors (Lipinski definition) is 3. The van der Waals surface area contributed by atoms with Gasteiger partial charge in [0, 0.05) is 12.2 Å². The van der Waals surface area contributed by atoms with Crippen molar-refractivity contribution in [1.29, 1.82) is 0 Å². The summed E-state index contributed by atoms with van der Waals surface area (Å²) in [7, 11) is 1.86. The van der Waals surface area contributed by atoms with E-state index in [1.54, 1.807) is 6.07 Å². The van der Waals surface area contributed by atoms with Gasteiger partial charge in [-0.05, 0) is 47.6 Å². The molecule has 0 atom stereocenters. The first-order valence-electron chi connectivity index (χ1n) is 8.34. The third-order valence-electron chi connectivity index (χ3n) is 4.31. The Morgan fingerprint density at radius 1 is 1.04 bits per heavy atom. The second-order valence-corrected chi connectivity index (χ2v) is 6.14. The van der Waals surface area contributed by atoms with E-state index >= 15 is 0 Å². The Hall–Kier alpha value is -3.38. The van der Waals surface area contributed by atoms with Crippen LogP contribution in [-0.4, -0.2) is 22.6 Å². The Bertz CT molecular complexity index is 1170. The van der Waals surface area contributed by atoms with E-state index in [-0.39, 0.29) is 0 Å². The van der Waals surface area contributed by atoms with Gasteiger partial charge in [-0.2, -0.15) is 0 Å². The highest BCUT2D eigenvalue weighted by atomic mass is 16.2. The summed E-state index contributed by atoms with van der Waals surface area (Å²) in [5.74, 6) is 0. The Labute approximate surface area is 149 Å². The number of hydrogen-bond donors (Lipinski definition) is 3. The molecule has 26 heavy (non-hydrogen) atoms. The van der Waals surface area contributed by atoms with Gasteiger partial charge in [-0.15, -0.1) is 0 Å². The van der Waals surface area contributed by atoms with Gasteiger partial charge >= 0.3 is 11.7 Å². The fourth-order valence-corrected chi connectivity index (χ4v) is 3.14. The molecule has 0 saturated carbocycles. The van der Waals surface area contributed by atoms with Crippen molar-refractivity contribution in [2.45, 2.75) is 6.54 Å². The first-order valence-corrected chi connectivity index (χ1v) is 8.34. The molecule has 1 heterocycles. The zero-order valence-electron chi connectivity index (χ0n) is 14.2. The van der Waals surface area contributed by atoms with Gasteiger partial charge in [-0.25, -0.2) is 14.2 Å². The molecule has 0 fully saturated rings. The van der Waals surface area contributed by atoms with Gasteiger partial charge in [0.05, 0.1) is 11.0 Å². The second-order valence-electron chi connectivity index (χ2n) is 6.14. The number of nitrogens with one attached hydrogen (secondary N) is 3. The van der Waals surface area contributed by atoms with Crippen molar-refractivity contribution in [1.82, 2.24) is 14.9 Å². The minimum absolute atomic E-state index is 0.459. The van der Waals surface area contributed by atoms with Crippen LogP contribution in [0.3, 0.4) is 0 Å². The quantitative estimate of drug-likeness (QED) is 0.533. The van der Waals surface area contributed by atoms with Crippen LogP contribution in [0.4, 0.5) is 10.5 Å². The van der Waals surface area contributed by atoms with Crippen LogP contribution in [0.1, 0.15) is 5.56 Å². The van der Waals surface area contributed by atoms with Crippen molar-refractivity contribution in [2.75, 3.05) is 12.4 Å². The van der Waals surface area contributed by atoms with Gasteiger partial charge < -0.3 is 15.6 Å². The average molecular weight is 346 g/mol. The number of imidazole rings is 1. The first kappa shape index (κ1) is 16.1. The number of anilines is 1. The lowest BCUT2D eigenvalue weighted by molar-refractivity contribution is 0.253. The van der Waals surface area contributed by atoms with Crippen LogP contribution in [0, 0.1) is 0 Å². The molecule has 6 nitrogen and oxygen atoms in total. The van der Waals surface area contributed by atoms with E-state index in [0.717, 1.165) is 20.9 Å². The maximum absolute atomic E-state index is 12.7. The Morgan fingerprint density at radius 2 is 1.81 bits per heavy atom. The molecular weight excluding hydrogens is 328 g/mol. The van der Waals surface area contributed by atoms with Crippen molar-refractivity contribution in [3.05, 3.63) is 76.7 Å². The fraction of sp³-hybridized carbons (Fsp3) is 0.100. The number of H-pyrrole nitrogens is 1. The van der Waals surface area contributed by atoms with Gasteiger partial charge in [-0.3, -0.25) is 0 Å². The largest absolute Gasteiger partial charge is 0.334 e. The maximum atomic E-state index is 12.7. The molecule has 4 rings (SSSR count). The highest BCUT2D eigenvalue weighted by molar-refractivity contribution is 6.01. The number of amides is 1. The van der Waals surface area contributed by atoms with Crippen LogP contribution in [0.25, 0.3) is 21.8 Å². The summed E-state index contributed by atoms with van der Waals surface area (Å²) < 4.78 is 1.13. The van der Waals surface area contributed by atoms with E-state index in [0.29, 0.717) is 23.3 Å². The Morgan fingerprint density at radius 3 is 2.58 bits per heavy atom. The van der Waals surface area contributed by atoms with Gasteiger partial charge in [0.25, 0.3) is 0 Å². The predicted octanol–water partition coefficient (Wildman–Crippen LogP) is 3.28. The van der Waals surface area contributed by atoms with Crippen molar-refractivity contribution >= 4 is 33.5 Å². The molecule has 0 unspecified atom stereocenters. The molecule has 0 spiro atoms. The number of benzene rings is 3. The van der Waals surface area contributed by atoms with E-state index in [1.165, 1.54) is 0 Å². The topological polar surface area (TPSA) is 78.9 Å². The van der Waals surface area contributed by atoms with E-state index in [1.807, 2.05) is 61.6 Å². The normalized spacial score (nSPS) is 11.1. The zero-order chi connectivity index (χ0) is 18.1. The molecule has 0 saturated heterocycles. The third kappa shape index (κ3) is 2.87. The summed E-state index contributed by atoms with van der Waals surface area (Å²) in [5.41, 5.74) is 2.41. The Kier molecular flexibility index (Phi) is 4.02. The molecule has 0 aliphatic carbocycles. The van der Waals surface area contributed by atoms with Gasteiger partial charge in [0.2, 0.25) is 0 Å². The van der Waals surface area contributed by atoms with E-state index in [9.17, 15) is 9.59 Å². The second kappa shape index (κ2) is 6.50. The molecule has 6 heteroatoms. The highest BCUT2D eigenvalue weighted by Gasteiger charge is 2.15. The zero-order valence-corrected chi connectivity index (χ0v) is 14.2. The van der Waals surface area contributed by atoms with Crippen LogP contribution >= 0.6 is 0 Å². The summed E-state index contributed by atoms with van der Waals surface area (Å²) in [6.45, 7) is 0.697. The van der Waals surface area contributed by atoms with E-state index in [4.69, 9.17) is 0 Å². The third-order valence-corrected chi connectivity index (χ3v) is 4.31. The molecule has 0 bridgehead atoms. The van der Waals surface area contributed by atoms with Crippen LogP contribution in [-0.2, 0) is 6.54 Å². The summed E-state index contributed by atoms with van der Waals surface area (Å²) in [5, 5.41) is 7.85. The minimum Gasteiger partial charge on any atom is -0.316 e. The van der Waals surface area contributed by atoms with Crippen molar-refractivity contribution in [2.24, 2.45) is 0 Å². The van der Waals surface area contributed by atoms with Crippen LogP contribution in [0.5, 0.6) is 0 Å². The van der Waals surface area contributed by atoms with Gasteiger partial charge in [-0.1, -0.05) is 36.4 Å². The lowest BCUT2D eigenvalue weighted by Gasteiger charge is -2.08. The smallest absolute Gasteiger partial charge is 0.316 e. The van der Waals surface area contributed by atoms with E-state index < -0.39 is 11.7 Å². The number of fused-ring (bicyclic) bond motifs is 2. The molecule has 3 N–H and O–H groups in total. The minimum atomic E-state index is -0.488. The number of aromatic nitrogens is 2. The first-order chi connectivity index (χ1) is 12.7. The summed E-state index contributed by atoms with van der Waals surface area (Å²) in [6, 6.07) is 18.5. The van der Waals surface area contributed by atoms with Crippen molar-refractivity contribution in [3.8, 4) is 0 Å². The number of aromatic amines is 1. The summed E-state index contributed by atoms with van der Waals surface area (Å²) >= 11 is 0. The number of carbonyl (C=O) groups excluding carboxylic acids is 1. The predicted molar refractivity (Wildman–Crippen MR) is 104 cm³/mol. The van der Waals surface area contributed by atoms with E-state index in [2.05, 4.69) is 15.6 Å². The fourth-order valence-electron chi connectivity index (χ4n) is 3.14. The monoisotopic (exact) mass is 346 g/mol. The maximum Gasteiger partial charge on any atom is 0.334 e. The molecule has 3 aromatic carbocycles. The molecule has 0 radical (unpaired) electrons. The lowest BCUT2D eigenvalue weighted by Crippen LogP contribution is -2.29. The van der Waals surface area contributed by atoms with Crippen molar-refractivity contribution in [3.63, 3.8) is 0 Å². The van der Waals surface area contributed by atoms with Gasteiger partial charge in [0.15, 0.2) is 0 Å². The summed E-state index contributed by atoms with van der Waals surface area (Å²) in [6.07, 6.45) is 0. The molecule has 130 valence electrons. The SMILES string of the molecule is CNCc1cccc(NC(=O)n2c(=O)[nH]c3cc4ccccc4cc32)c1. The van der Waals surface area contributed by atoms with Gasteiger partial charge in [0.1, 0.15) is 0 Å². The number of nitrogens with zero attached hydrogens (tertiary/aromatic N) is 1. The average Bonchev–Trinajstić information content (AvgIpc) is 2.95. The highest BCUT2D eigenvalue weighted by Crippen LogP contribution is 2.21. The molecule has 4 aromatic rings. The van der Waals surface area contributed by atoms with Crippen LogP contribution in [0.2, 0.25) is 0 Å². The molecule has 0 aliphatic rings. The molecular formula is C20H18N4O2. The molecule has 0 aliphatic heterocycles. The number of rotatable bonds is 3. The molecule has 1 aromatic heterocycles. The number of carbonyl (C=O) groups is 1. The van der Waals surface area contributed by atoms with Crippen LogP contribution in [0.15, 0.2) is 65.5 Å². The molecule has 1 amide bonds. The summed E-state index contributed by atoms with van der Waals surface area (Å²) in [4.78, 5) is 27.8. The standard InChI is InChI=1S/C20H18N4O2/c1-21-12-13-5-4-8-16(9-13)22-19(25)24-18-11-15-7-3-2-6-14(15)10-17(18)23-20(24)26/h2-11,21H,12H2,1H3,(H,22,25)(H,23,26). The lowest BCUT2D eigenvalue weighted by atomic mass is 10.1. The van der Waals surface area contributed by atoms with Crippen molar-refractivity contribution < 1.29 is 4.79 Å². The van der Waals surface area contributed by atoms with Crippen LogP contribution < -0.4 is 16.3 Å². The Balaban J connectivity index is 1.74.